The number of hydrogen-bond acceptors (Lipinski definition) is 2. The monoisotopic (exact) mass is 178 g/mol. The number of nitrogens with one attached hydrogen (secondary N) is 1. The molecule has 3 nitrogen and oxygen atoms in total. The predicted molar refractivity (Wildman–Crippen MR) is 49.2 cm³/mol. The van der Waals surface area contributed by atoms with E-state index in [1.807, 2.05) is 0 Å². The lowest BCUT2D eigenvalue weighted by Gasteiger charge is -2.00. The summed E-state index contributed by atoms with van der Waals surface area (Å²) in [5, 5.41) is 0. The molecule has 1 fully saturated rings. The average Bonchev–Trinajstić information content (AvgIpc) is 2.49. The number of Topliss-reactive ketones (excluding diaryl/α,β-unsaturated/α-hetero) is 1. The molecule has 0 radical (unpaired) electrons. The second kappa shape index (κ2) is 2.69. The van der Waals surface area contributed by atoms with Crippen LogP contribution in [0, 0.1) is 11.3 Å². The molecule has 1 saturated carbocycles. The third kappa shape index (κ3) is 1.64. The summed E-state index contributed by atoms with van der Waals surface area (Å²) in [6.45, 7) is 4.27. The summed E-state index contributed by atoms with van der Waals surface area (Å²) in [6.07, 6.45) is 4.93. The van der Waals surface area contributed by atoms with Crippen LogP contribution in [0.4, 0.5) is 0 Å². The Balaban J connectivity index is 1.94. The average molecular weight is 178 g/mol. The molecule has 3 heteroatoms. The van der Waals surface area contributed by atoms with Gasteiger partial charge >= 0.3 is 0 Å². The number of aromatic nitrogens is 2. The molecule has 1 N–H and O–H groups in total. The maximum Gasteiger partial charge on any atom is 0.144 e. The molecular weight excluding hydrogens is 164 g/mol. The predicted octanol–water partition coefficient (Wildman–Crippen LogP) is 1.57. The molecule has 0 saturated heterocycles. The molecule has 1 heterocycles. The first-order chi connectivity index (χ1) is 6.09. The van der Waals surface area contributed by atoms with Crippen molar-refractivity contribution >= 4 is 5.78 Å². The molecular formula is C10H14N2O. The van der Waals surface area contributed by atoms with Crippen LogP contribution in [0.3, 0.4) is 0 Å². The van der Waals surface area contributed by atoms with Crippen molar-refractivity contribution in [2.75, 3.05) is 0 Å². The van der Waals surface area contributed by atoms with Crippen LogP contribution < -0.4 is 0 Å². The first kappa shape index (κ1) is 8.48. The maximum absolute atomic E-state index is 11.6. The van der Waals surface area contributed by atoms with E-state index in [9.17, 15) is 4.79 Å². The minimum Gasteiger partial charge on any atom is -0.348 e. The Morgan fingerprint density at radius 2 is 2.46 bits per heavy atom. The lowest BCUT2D eigenvalue weighted by Crippen LogP contribution is -2.10. The van der Waals surface area contributed by atoms with Crippen molar-refractivity contribution in [3.05, 3.63) is 18.2 Å². The maximum atomic E-state index is 11.6. The molecule has 0 amide bonds. The van der Waals surface area contributed by atoms with Crippen molar-refractivity contribution in [2.45, 2.75) is 26.7 Å². The van der Waals surface area contributed by atoms with Gasteiger partial charge in [0.25, 0.3) is 0 Å². The van der Waals surface area contributed by atoms with E-state index in [2.05, 4.69) is 23.8 Å². The fourth-order valence-electron chi connectivity index (χ4n) is 1.70. The van der Waals surface area contributed by atoms with Gasteiger partial charge in [-0.3, -0.25) is 4.79 Å². The molecule has 0 aliphatic heterocycles. The molecule has 0 bridgehead atoms. The lowest BCUT2D eigenvalue weighted by molar-refractivity contribution is -0.120. The molecule has 1 aliphatic carbocycles. The van der Waals surface area contributed by atoms with Crippen LogP contribution in [0.5, 0.6) is 0 Å². The van der Waals surface area contributed by atoms with Crippen molar-refractivity contribution in [3.63, 3.8) is 0 Å². The third-order valence-corrected chi connectivity index (χ3v) is 2.80. The van der Waals surface area contributed by atoms with Crippen LogP contribution in [0.15, 0.2) is 12.4 Å². The van der Waals surface area contributed by atoms with Crippen molar-refractivity contribution in [2.24, 2.45) is 11.3 Å². The fourth-order valence-corrected chi connectivity index (χ4v) is 1.70. The summed E-state index contributed by atoms with van der Waals surface area (Å²) >= 11 is 0. The molecule has 1 unspecified atom stereocenters. The van der Waals surface area contributed by atoms with Gasteiger partial charge < -0.3 is 4.98 Å². The number of aromatic amines is 1. The third-order valence-electron chi connectivity index (χ3n) is 2.80. The molecule has 1 atom stereocenters. The Morgan fingerprint density at radius 3 is 2.92 bits per heavy atom. The van der Waals surface area contributed by atoms with Gasteiger partial charge in [0.1, 0.15) is 11.6 Å². The SMILES string of the molecule is CC1(C)CC1C(=O)Cc1ncc[nH]1. The topological polar surface area (TPSA) is 45.8 Å². The number of rotatable bonds is 3. The largest absolute Gasteiger partial charge is 0.348 e. The van der Waals surface area contributed by atoms with Gasteiger partial charge in [-0.05, 0) is 11.8 Å². The number of hydrogen-bond donors (Lipinski definition) is 1. The number of carbonyl (C=O) groups excluding carboxylic acids is 1. The standard InChI is InChI=1S/C10H14N2O/c1-10(2)6-7(10)8(13)5-9-11-3-4-12-9/h3-4,7H,5-6H2,1-2H3,(H,11,12). The number of nitrogens with zero attached hydrogens (tertiary/aromatic N) is 1. The van der Waals surface area contributed by atoms with Crippen LogP contribution in [-0.4, -0.2) is 15.8 Å². The number of imidazole rings is 1. The Bertz CT molecular complexity index is 314. The first-order valence-electron chi connectivity index (χ1n) is 4.60. The molecule has 13 heavy (non-hydrogen) atoms. The highest BCUT2D eigenvalue weighted by Gasteiger charge is 2.49. The van der Waals surface area contributed by atoms with Gasteiger partial charge in [0, 0.05) is 18.3 Å². The van der Waals surface area contributed by atoms with Crippen LogP contribution in [0.25, 0.3) is 0 Å². The highest BCUT2D eigenvalue weighted by atomic mass is 16.1. The number of H-pyrrole nitrogens is 1. The summed E-state index contributed by atoms with van der Waals surface area (Å²) in [6, 6.07) is 0. The van der Waals surface area contributed by atoms with Gasteiger partial charge in [0.2, 0.25) is 0 Å². The molecule has 0 aromatic carbocycles. The Hall–Kier alpha value is -1.12. The van der Waals surface area contributed by atoms with E-state index >= 15 is 0 Å². The Morgan fingerprint density at radius 1 is 1.77 bits per heavy atom. The minimum absolute atomic E-state index is 0.240. The second-order valence-electron chi connectivity index (χ2n) is 4.42. The van der Waals surface area contributed by atoms with Crippen LogP contribution in [0.1, 0.15) is 26.1 Å². The van der Waals surface area contributed by atoms with Crippen molar-refractivity contribution in [3.8, 4) is 0 Å². The summed E-state index contributed by atoms with van der Waals surface area (Å²) in [4.78, 5) is 18.6. The van der Waals surface area contributed by atoms with Crippen LogP contribution in [-0.2, 0) is 11.2 Å². The van der Waals surface area contributed by atoms with Gasteiger partial charge in [-0.2, -0.15) is 0 Å². The van der Waals surface area contributed by atoms with Gasteiger partial charge in [0.05, 0.1) is 6.42 Å². The van der Waals surface area contributed by atoms with Crippen molar-refractivity contribution < 1.29 is 4.79 Å². The second-order valence-corrected chi connectivity index (χ2v) is 4.42. The van der Waals surface area contributed by atoms with Gasteiger partial charge in [-0.15, -0.1) is 0 Å². The zero-order valence-electron chi connectivity index (χ0n) is 8.00. The molecule has 1 aromatic heterocycles. The smallest absolute Gasteiger partial charge is 0.144 e. The number of ketones is 1. The molecule has 1 aliphatic rings. The number of carbonyl (C=O) groups is 1. The van der Waals surface area contributed by atoms with E-state index in [1.165, 1.54) is 0 Å². The highest BCUT2D eigenvalue weighted by molar-refractivity contribution is 5.85. The molecule has 70 valence electrons. The van der Waals surface area contributed by atoms with Crippen molar-refractivity contribution in [1.29, 1.82) is 0 Å². The summed E-state index contributed by atoms with van der Waals surface area (Å²) < 4.78 is 0. The van der Waals surface area contributed by atoms with Gasteiger partial charge in [-0.1, -0.05) is 13.8 Å². The summed E-state index contributed by atoms with van der Waals surface area (Å²) in [7, 11) is 0. The zero-order chi connectivity index (χ0) is 9.47. The van der Waals surface area contributed by atoms with E-state index in [0.717, 1.165) is 12.2 Å². The van der Waals surface area contributed by atoms with E-state index in [-0.39, 0.29) is 11.3 Å². The van der Waals surface area contributed by atoms with E-state index in [4.69, 9.17) is 0 Å². The van der Waals surface area contributed by atoms with Crippen LogP contribution >= 0.6 is 0 Å². The Labute approximate surface area is 77.6 Å². The Kier molecular flexibility index (Phi) is 1.75. The molecule has 0 spiro atoms. The molecule has 1 aromatic rings. The van der Waals surface area contributed by atoms with Crippen molar-refractivity contribution in [1.82, 2.24) is 9.97 Å². The normalized spacial score (nSPS) is 24.3. The van der Waals surface area contributed by atoms with E-state index in [0.29, 0.717) is 12.2 Å². The van der Waals surface area contributed by atoms with Gasteiger partial charge in [0.15, 0.2) is 0 Å². The fraction of sp³-hybridized carbons (Fsp3) is 0.600. The van der Waals surface area contributed by atoms with E-state index < -0.39 is 0 Å². The lowest BCUT2D eigenvalue weighted by atomic mass is 10.1. The molecule has 2 rings (SSSR count). The summed E-state index contributed by atoms with van der Waals surface area (Å²) in [5.74, 6) is 1.37. The first-order valence-corrected chi connectivity index (χ1v) is 4.60. The zero-order valence-corrected chi connectivity index (χ0v) is 8.00. The van der Waals surface area contributed by atoms with Crippen LogP contribution in [0.2, 0.25) is 0 Å². The minimum atomic E-state index is 0.240. The quantitative estimate of drug-likeness (QED) is 0.763. The van der Waals surface area contributed by atoms with Gasteiger partial charge in [-0.25, -0.2) is 4.98 Å². The summed E-state index contributed by atoms with van der Waals surface area (Å²) in [5.41, 5.74) is 0.240. The van der Waals surface area contributed by atoms with E-state index in [1.54, 1.807) is 12.4 Å². The highest BCUT2D eigenvalue weighted by Crippen LogP contribution is 2.52.